The lowest BCUT2D eigenvalue weighted by molar-refractivity contribution is -0.123. The van der Waals surface area contributed by atoms with Crippen LogP contribution in [0.4, 0.5) is 9.18 Å². The van der Waals surface area contributed by atoms with Gasteiger partial charge in [0, 0.05) is 4.47 Å². The molecule has 3 aromatic rings. The minimum Gasteiger partial charge on any atom is -0.493 e. The van der Waals surface area contributed by atoms with E-state index in [4.69, 9.17) is 8.92 Å². The van der Waals surface area contributed by atoms with Crippen LogP contribution in [-0.2, 0) is 21.5 Å². The molecule has 1 saturated heterocycles. The normalized spacial score (nSPS) is 15.1. The lowest BCUT2D eigenvalue weighted by Crippen LogP contribution is -2.27. The van der Waals surface area contributed by atoms with Crippen LogP contribution in [0, 0.1) is 5.82 Å². The molecule has 4 rings (SSSR count). The number of carbonyl (C=O) groups excluding carboxylic acids is 2. The molecule has 7 nitrogen and oxygen atoms in total. The second-order valence-electron chi connectivity index (χ2n) is 7.26. The molecule has 35 heavy (non-hydrogen) atoms. The van der Waals surface area contributed by atoms with Crippen molar-refractivity contribution in [2.24, 2.45) is 0 Å². The summed E-state index contributed by atoms with van der Waals surface area (Å²) < 4.78 is 49.4. The molecule has 180 valence electrons. The van der Waals surface area contributed by atoms with Crippen molar-refractivity contribution in [3.05, 3.63) is 93.1 Å². The quantitative estimate of drug-likeness (QED) is 0.266. The monoisotopic (exact) mass is 577 g/mol. The largest absolute Gasteiger partial charge is 0.493 e. The standard InChI is InChI=1S/C24H17BrFNO6S2/c1-32-21-12-15(6-11-20(21)33-35(30,31)18-9-7-17(26)8-10-18)13-22-23(28)27(24(29)34-22)14-16-4-2-3-5-19(16)25/h2-13H,14H2,1H3/b22-13-. The SMILES string of the molecule is COc1cc(/C=C2\SC(=O)N(Cc3ccccc3Br)C2=O)ccc1OS(=O)(=O)c1ccc(F)cc1. The van der Waals surface area contributed by atoms with Crippen molar-refractivity contribution in [2.75, 3.05) is 7.11 Å². The predicted octanol–water partition coefficient (Wildman–Crippen LogP) is 5.60. The Bertz CT molecular complexity index is 1440. The molecule has 0 N–H and O–H groups in total. The van der Waals surface area contributed by atoms with Crippen molar-refractivity contribution in [1.29, 1.82) is 0 Å². The Labute approximate surface area is 213 Å². The van der Waals surface area contributed by atoms with Crippen molar-refractivity contribution >= 4 is 55.0 Å². The molecular formula is C24H17BrFNO6S2. The molecule has 0 aliphatic carbocycles. The average molecular weight is 578 g/mol. The second-order valence-corrected chi connectivity index (χ2v) is 10.7. The number of imide groups is 1. The summed E-state index contributed by atoms with van der Waals surface area (Å²) in [6.07, 6.45) is 1.52. The van der Waals surface area contributed by atoms with Crippen molar-refractivity contribution in [3.63, 3.8) is 0 Å². The van der Waals surface area contributed by atoms with Crippen molar-refractivity contribution in [1.82, 2.24) is 4.90 Å². The highest BCUT2D eigenvalue weighted by Gasteiger charge is 2.35. The number of thioether (sulfide) groups is 1. The summed E-state index contributed by atoms with van der Waals surface area (Å²) in [6.45, 7) is 0.126. The third kappa shape index (κ3) is 5.58. The molecule has 2 amide bonds. The van der Waals surface area contributed by atoms with Gasteiger partial charge in [0.2, 0.25) is 0 Å². The summed E-state index contributed by atoms with van der Waals surface area (Å²) in [4.78, 5) is 26.5. The fourth-order valence-corrected chi connectivity index (χ4v) is 5.38. The van der Waals surface area contributed by atoms with Gasteiger partial charge in [-0.15, -0.1) is 0 Å². The smallest absolute Gasteiger partial charge is 0.339 e. The van der Waals surface area contributed by atoms with Gasteiger partial charge in [-0.3, -0.25) is 14.5 Å². The molecule has 11 heteroatoms. The molecule has 0 atom stereocenters. The number of ether oxygens (including phenoxy) is 1. The molecule has 0 spiro atoms. The van der Waals surface area contributed by atoms with Crippen LogP contribution in [0.5, 0.6) is 11.5 Å². The fraction of sp³-hybridized carbons (Fsp3) is 0.0833. The predicted molar refractivity (Wildman–Crippen MR) is 133 cm³/mol. The van der Waals surface area contributed by atoms with Crippen LogP contribution in [0.15, 0.2) is 81.0 Å². The van der Waals surface area contributed by atoms with E-state index in [9.17, 15) is 22.4 Å². The first kappa shape index (κ1) is 25.0. The molecular weight excluding hydrogens is 561 g/mol. The van der Waals surface area contributed by atoms with Crippen molar-refractivity contribution in [3.8, 4) is 11.5 Å². The van der Waals surface area contributed by atoms with Crippen LogP contribution in [-0.4, -0.2) is 31.6 Å². The number of hydrogen-bond donors (Lipinski definition) is 0. The van der Waals surface area contributed by atoms with Crippen molar-refractivity contribution in [2.45, 2.75) is 11.4 Å². The summed E-state index contributed by atoms with van der Waals surface area (Å²) in [7, 11) is -2.89. The topological polar surface area (TPSA) is 90.0 Å². The Morgan fingerprint density at radius 2 is 1.74 bits per heavy atom. The summed E-state index contributed by atoms with van der Waals surface area (Å²) in [6, 6.07) is 15.9. The van der Waals surface area contributed by atoms with Gasteiger partial charge >= 0.3 is 10.1 Å². The molecule has 1 aliphatic heterocycles. The van der Waals surface area contributed by atoms with E-state index in [1.165, 1.54) is 31.4 Å². The molecule has 0 saturated carbocycles. The number of hydrogen-bond acceptors (Lipinski definition) is 7. The Hall–Kier alpha value is -3.15. The van der Waals surface area contributed by atoms with Gasteiger partial charge in [-0.2, -0.15) is 8.42 Å². The average Bonchev–Trinajstić information content (AvgIpc) is 3.08. The zero-order valence-electron chi connectivity index (χ0n) is 18.1. The summed E-state index contributed by atoms with van der Waals surface area (Å²) in [5.41, 5.74) is 1.29. The number of benzene rings is 3. The van der Waals surface area contributed by atoms with Crippen LogP contribution in [0.25, 0.3) is 6.08 Å². The van der Waals surface area contributed by atoms with Crippen LogP contribution in [0.2, 0.25) is 0 Å². The maximum absolute atomic E-state index is 13.1. The number of rotatable bonds is 7. The first-order valence-corrected chi connectivity index (χ1v) is 13.1. The highest BCUT2D eigenvalue weighted by atomic mass is 79.9. The first-order valence-electron chi connectivity index (χ1n) is 10.0. The lowest BCUT2D eigenvalue weighted by Gasteiger charge is -2.13. The maximum atomic E-state index is 13.1. The van der Waals surface area contributed by atoms with E-state index in [2.05, 4.69) is 15.9 Å². The number of methoxy groups -OCH3 is 1. The van der Waals surface area contributed by atoms with E-state index in [1.807, 2.05) is 24.3 Å². The third-order valence-corrected chi connectivity index (χ3v) is 7.88. The highest BCUT2D eigenvalue weighted by molar-refractivity contribution is 9.10. The Balaban J connectivity index is 1.55. The zero-order chi connectivity index (χ0) is 25.2. The van der Waals surface area contributed by atoms with E-state index >= 15 is 0 Å². The van der Waals surface area contributed by atoms with Crippen LogP contribution in [0.1, 0.15) is 11.1 Å². The molecule has 1 fully saturated rings. The van der Waals surface area contributed by atoms with E-state index < -0.39 is 27.1 Å². The minimum absolute atomic E-state index is 0.0870. The Kier molecular flexibility index (Phi) is 7.29. The van der Waals surface area contributed by atoms with Gasteiger partial charge < -0.3 is 8.92 Å². The molecule has 1 heterocycles. The number of halogens is 2. The number of amides is 2. The van der Waals surface area contributed by atoms with Gasteiger partial charge in [0.15, 0.2) is 11.5 Å². The highest BCUT2D eigenvalue weighted by Crippen LogP contribution is 2.36. The van der Waals surface area contributed by atoms with Gasteiger partial charge in [-0.1, -0.05) is 40.2 Å². The first-order chi connectivity index (χ1) is 16.7. The molecule has 3 aromatic carbocycles. The van der Waals surface area contributed by atoms with E-state index in [-0.39, 0.29) is 27.8 Å². The Morgan fingerprint density at radius 1 is 1.03 bits per heavy atom. The summed E-state index contributed by atoms with van der Waals surface area (Å²) in [5.74, 6) is -1.01. The fourth-order valence-electron chi connectivity index (χ4n) is 3.20. The van der Waals surface area contributed by atoms with Gasteiger partial charge in [0.25, 0.3) is 11.1 Å². The van der Waals surface area contributed by atoms with E-state index in [0.717, 1.165) is 51.0 Å². The van der Waals surface area contributed by atoms with Crippen LogP contribution in [0.3, 0.4) is 0 Å². The molecule has 0 bridgehead atoms. The van der Waals surface area contributed by atoms with E-state index in [0.29, 0.717) is 5.56 Å². The van der Waals surface area contributed by atoms with Crippen LogP contribution >= 0.6 is 27.7 Å². The Morgan fingerprint density at radius 3 is 2.43 bits per heavy atom. The van der Waals surface area contributed by atoms with Crippen molar-refractivity contribution < 1.29 is 31.3 Å². The minimum atomic E-state index is -4.23. The summed E-state index contributed by atoms with van der Waals surface area (Å²) in [5, 5.41) is -0.394. The van der Waals surface area contributed by atoms with E-state index in [1.54, 1.807) is 0 Å². The van der Waals surface area contributed by atoms with Gasteiger partial charge in [0.05, 0.1) is 18.6 Å². The van der Waals surface area contributed by atoms with Gasteiger partial charge in [-0.05, 0) is 71.4 Å². The number of nitrogens with zero attached hydrogens (tertiary/aromatic N) is 1. The molecule has 0 aromatic heterocycles. The number of carbonyl (C=O) groups is 2. The van der Waals surface area contributed by atoms with Crippen LogP contribution < -0.4 is 8.92 Å². The maximum Gasteiger partial charge on any atom is 0.339 e. The third-order valence-electron chi connectivity index (χ3n) is 4.95. The molecule has 1 aliphatic rings. The lowest BCUT2D eigenvalue weighted by atomic mass is 10.1. The van der Waals surface area contributed by atoms with Gasteiger partial charge in [0.1, 0.15) is 10.7 Å². The molecule has 0 unspecified atom stereocenters. The summed E-state index contributed by atoms with van der Waals surface area (Å²) >= 11 is 4.23. The molecule has 0 radical (unpaired) electrons. The zero-order valence-corrected chi connectivity index (χ0v) is 21.3. The second kappa shape index (κ2) is 10.2. The van der Waals surface area contributed by atoms with Gasteiger partial charge in [-0.25, -0.2) is 4.39 Å².